The molecule has 106 valence electrons. The topological polar surface area (TPSA) is 43.8 Å². The molecule has 1 aromatic carbocycles. The summed E-state index contributed by atoms with van der Waals surface area (Å²) in [6, 6.07) is 10.3. The lowest BCUT2D eigenvalue weighted by Gasteiger charge is -2.25. The normalized spacial score (nSPS) is 22.9. The molecule has 3 rings (SSSR count). The number of nitrogens with zero attached hydrogens (tertiary/aromatic N) is 2. The van der Waals surface area contributed by atoms with Crippen LogP contribution < -0.4 is 5.73 Å². The van der Waals surface area contributed by atoms with Crippen LogP contribution in [0, 0.1) is 5.92 Å². The largest absolute Gasteiger partial charge is 0.384 e. The van der Waals surface area contributed by atoms with Crippen molar-refractivity contribution in [3.8, 4) is 11.4 Å². The van der Waals surface area contributed by atoms with Gasteiger partial charge in [0.15, 0.2) is 0 Å². The van der Waals surface area contributed by atoms with Crippen molar-refractivity contribution in [2.75, 3.05) is 5.73 Å². The average molecular weight is 269 g/mol. The summed E-state index contributed by atoms with van der Waals surface area (Å²) in [7, 11) is 2.01. The first-order chi connectivity index (χ1) is 9.66. The molecule has 0 spiro atoms. The van der Waals surface area contributed by atoms with Crippen LogP contribution in [0.2, 0.25) is 0 Å². The number of hydrogen-bond acceptors (Lipinski definition) is 2. The van der Waals surface area contributed by atoms with Gasteiger partial charge in [0.25, 0.3) is 0 Å². The SMILES string of the molecule is CC1CCCC(c2nc(-c3ccccc3)n(C)c2N)C1. The quantitative estimate of drug-likeness (QED) is 0.896. The summed E-state index contributed by atoms with van der Waals surface area (Å²) in [6.07, 6.45) is 5.08. The fraction of sp³-hybridized carbons (Fsp3) is 0.471. The molecule has 0 aliphatic heterocycles. The second-order valence-corrected chi connectivity index (χ2v) is 6.10. The summed E-state index contributed by atoms with van der Waals surface area (Å²) in [4.78, 5) is 4.88. The van der Waals surface area contributed by atoms with Crippen molar-refractivity contribution in [3.05, 3.63) is 36.0 Å². The number of anilines is 1. The van der Waals surface area contributed by atoms with Crippen molar-refractivity contribution >= 4 is 5.82 Å². The van der Waals surface area contributed by atoms with Crippen molar-refractivity contribution in [1.29, 1.82) is 0 Å². The Morgan fingerprint density at radius 3 is 2.65 bits per heavy atom. The molecule has 1 aliphatic carbocycles. The monoisotopic (exact) mass is 269 g/mol. The van der Waals surface area contributed by atoms with E-state index in [0.29, 0.717) is 5.92 Å². The number of rotatable bonds is 2. The van der Waals surface area contributed by atoms with Crippen molar-refractivity contribution in [3.63, 3.8) is 0 Å². The molecule has 1 aliphatic rings. The third-order valence-electron chi connectivity index (χ3n) is 4.52. The Hall–Kier alpha value is -1.77. The zero-order valence-electron chi connectivity index (χ0n) is 12.3. The molecule has 3 heteroatoms. The zero-order valence-corrected chi connectivity index (χ0v) is 12.3. The summed E-state index contributed by atoms with van der Waals surface area (Å²) < 4.78 is 2.03. The summed E-state index contributed by atoms with van der Waals surface area (Å²) in [5.74, 6) is 3.14. The maximum absolute atomic E-state index is 6.32. The first-order valence-electron chi connectivity index (χ1n) is 7.54. The molecule has 2 N–H and O–H groups in total. The molecule has 1 aromatic heterocycles. The van der Waals surface area contributed by atoms with Gasteiger partial charge < -0.3 is 10.3 Å². The lowest BCUT2D eigenvalue weighted by molar-refractivity contribution is 0.341. The van der Waals surface area contributed by atoms with Crippen LogP contribution in [-0.2, 0) is 7.05 Å². The van der Waals surface area contributed by atoms with E-state index in [9.17, 15) is 0 Å². The van der Waals surface area contributed by atoms with Gasteiger partial charge in [0.05, 0.1) is 5.69 Å². The molecule has 20 heavy (non-hydrogen) atoms. The van der Waals surface area contributed by atoms with E-state index in [4.69, 9.17) is 10.7 Å². The summed E-state index contributed by atoms with van der Waals surface area (Å²) >= 11 is 0. The third kappa shape index (κ3) is 2.33. The van der Waals surface area contributed by atoms with E-state index in [0.717, 1.165) is 28.8 Å². The molecule has 2 unspecified atom stereocenters. The van der Waals surface area contributed by atoms with Gasteiger partial charge in [-0.15, -0.1) is 0 Å². The van der Waals surface area contributed by atoms with Gasteiger partial charge in [0.2, 0.25) is 0 Å². The number of imidazole rings is 1. The molecule has 1 heterocycles. The lowest BCUT2D eigenvalue weighted by Crippen LogP contribution is -2.13. The van der Waals surface area contributed by atoms with Crippen LogP contribution in [0.3, 0.4) is 0 Å². The van der Waals surface area contributed by atoms with E-state index in [1.54, 1.807) is 0 Å². The van der Waals surface area contributed by atoms with E-state index < -0.39 is 0 Å². The molecule has 1 fully saturated rings. The molecule has 1 saturated carbocycles. The van der Waals surface area contributed by atoms with Crippen LogP contribution >= 0.6 is 0 Å². The van der Waals surface area contributed by atoms with Crippen LogP contribution in [0.5, 0.6) is 0 Å². The number of nitrogen functional groups attached to an aromatic ring is 1. The third-order valence-corrected chi connectivity index (χ3v) is 4.52. The summed E-state index contributed by atoms with van der Waals surface area (Å²) in [5, 5.41) is 0. The minimum atomic E-state index is 0.530. The van der Waals surface area contributed by atoms with Crippen LogP contribution in [0.25, 0.3) is 11.4 Å². The van der Waals surface area contributed by atoms with E-state index >= 15 is 0 Å². The highest BCUT2D eigenvalue weighted by Crippen LogP contribution is 2.38. The average Bonchev–Trinajstić information content (AvgIpc) is 2.76. The van der Waals surface area contributed by atoms with Gasteiger partial charge in [0.1, 0.15) is 11.6 Å². The minimum Gasteiger partial charge on any atom is -0.384 e. The number of nitrogens with two attached hydrogens (primary N) is 1. The molecular formula is C17H23N3. The molecular weight excluding hydrogens is 246 g/mol. The van der Waals surface area contributed by atoms with E-state index in [1.807, 2.05) is 29.8 Å². The Labute approximate surface area is 120 Å². The number of hydrogen-bond donors (Lipinski definition) is 1. The highest BCUT2D eigenvalue weighted by Gasteiger charge is 2.26. The van der Waals surface area contributed by atoms with Gasteiger partial charge >= 0.3 is 0 Å². The molecule has 3 nitrogen and oxygen atoms in total. The Kier molecular flexibility index (Phi) is 3.51. The van der Waals surface area contributed by atoms with Gasteiger partial charge in [-0.25, -0.2) is 4.98 Å². The van der Waals surface area contributed by atoms with Crippen molar-refractivity contribution in [1.82, 2.24) is 9.55 Å². The first kappa shape index (κ1) is 13.2. The molecule has 0 bridgehead atoms. The Morgan fingerprint density at radius 1 is 1.20 bits per heavy atom. The standard InChI is InChI=1S/C17H23N3/c1-12-7-6-10-14(11-12)15-16(18)20(2)17(19-15)13-8-4-3-5-9-13/h3-5,8-9,12,14H,6-7,10-11,18H2,1-2H3. The second-order valence-electron chi connectivity index (χ2n) is 6.10. The molecule has 2 atom stereocenters. The minimum absolute atomic E-state index is 0.530. The van der Waals surface area contributed by atoms with Crippen molar-refractivity contribution in [2.24, 2.45) is 13.0 Å². The van der Waals surface area contributed by atoms with Gasteiger partial charge in [-0.05, 0) is 18.8 Å². The van der Waals surface area contributed by atoms with Gasteiger partial charge in [-0.1, -0.05) is 50.1 Å². The van der Waals surface area contributed by atoms with E-state index in [1.165, 1.54) is 25.7 Å². The maximum atomic E-state index is 6.32. The highest BCUT2D eigenvalue weighted by atomic mass is 15.1. The van der Waals surface area contributed by atoms with Crippen LogP contribution in [0.15, 0.2) is 30.3 Å². The van der Waals surface area contributed by atoms with Crippen molar-refractivity contribution < 1.29 is 0 Å². The van der Waals surface area contributed by atoms with E-state index in [2.05, 4.69) is 19.1 Å². The Balaban J connectivity index is 1.97. The number of aromatic nitrogens is 2. The summed E-state index contributed by atoms with van der Waals surface area (Å²) in [5.41, 5.74) is 8.56. The van der Waals surface area contributed by atoms with Gasteiger partial charge in [0, 0.05) is 18.5 Å². The van der Waals surface area contributed by atoms with Crippen LogP contribution in [0.1, 0.15) is 44.2 Å². The van der Waals surface area contributed by atoms with Crippen LogP contribution in [-0.4, -0.2) is 9.55 Å². The zero-order chi connectivity index (χ0) is 14.1. The fourth-order valence-electron chi connectivity index (χ4n) is 3.36. The Morgan fingerprint density at radius 2 is 1.95 bits per heavy atom. The van der Waals surface area contributed by atoms with Crippen LogP contribution in [0.4, 0.5) is 5.82 Å². The first-order valence-corrected chi connectivity index (χ1v) is 7.54. The molecule has 0 radical (unpaired) electrons. The summed E-state index contributed by atoms with van der Waals surface area (Å²) in [6.45, 7) is 2.34. The lowest BCUT2D eigenvalue weighted by atomic mass is 9.81. The van der Waals surface area contributed by atoms with Gasteiger partial charge in [-0.2, -0.15) is 0 Å². The highest BCUT2D eigenvalue weighted by molar-refractivity contribution is 5.60. The predicted octanol–water partition coefficient (Wildman–Crippen LogP) is 3.96. The molecule has 2 aromatic rings. The van der Waals surface area contributed by atoms with Crippen molar-refractivity contribution in [2.45, 2.75) is 38.5 Å². The fourth-order valence-corrected chi connectivity index (χ4v) is 3.36. The number of benzene rings is 1. The maximum Gasteiger partial charge on any atom is 0.141 e. The van der Waals surface area contributed by atoms with Gasteiger partial charge in [-0.3, -0.25) is 0 Å². The molecule has 0 saturated heterocycles. The molecule has 0 amide bonds. The smallest absolute Gasteiger partial charge is 0.141 e. The second kappa shape index (κ2) is 5.31. The van der Waals surface area contributed by atoms with E-state index in [-0.39, 0.29) is 0 Å². The predicted molar refractivity (Wildman–Crippen MR) is 83.4 cm³/mol. The Bertz CT molecular complexity index is 586.